The van der Waals surface area contributed by atoms with Crippen LogP contribution in [0.2, 0.25) is 0 Å². The Labute approximate surface area is 110 Å². The van der Waals surface area contributed by atoms with E-state index in [1.54, 1.807) is 18.2 Å². The zero-order valence-corrected chi connectivity index (χ0v) is 10.6. The molecule has 1 heterocycles. The fourth-order valence-corrected chi connectivity index (χ4v) is 2.20. The Balaban J connectivity index is 2.33. The van der Waals surface area contributed by atoms with E-state index in [9.17, 15) is 13.2 Å². The molecule has 2 rings (SSSR count). The average Bonchev–Trinajstić information content (AvgIpc) is 2.39. The van der Waals surface area contributed by atoms with Gasteiger partial charge in [-0.05, 0) is 24.3 Å². The van der Waals surface area contributed by atoms with E-state index in [1.165, 1.54) is 30.6 Å². The van der Waals surface area contributed by atoms with Crippen molar-refractivity contribution in [3.8, 4) is 0 Å². The molecule has 0 spiro atoms. The molecule has 2 aromatic rings. The van der Waals surface area contributed by atoms with Gasteiger partial charge in [0.25, 0.3) is 5.91 Å². The van der Waals surface area contributed by atoms with E-state index in [0.717, 1.165) is 0 Å². The van der Waals surface area contributed by atoms with Crippen molar-refractivity contribution in [2.45, 2.75) is 4.90 Å². The van der Waals surface area contributed by atoms with Gasteiger partial charge in [0.05, 0.1) is 11.3 Å². The molecule has 3 N–H and O–H groups in total. The van der Waals surface area contributed by atoms with Crippen molar-refractivity contribution >= 4 is 21.6 Å². The lowest BCUT2D eigenvalue weighted by atomic mass is 10.2. The van der Waals surface area contributed by atoms with E-state index in [2.05, 4.69) is 10.3 Å². The number of carbonyl (C=O) groups excluding carboxylic acids is 1. The first-order valence-electron chi connectivity index (χ1n) is 5.32. The molecule has 0 saturated carbocycles. The summed E-state index contributed by atoms with van der Waals surface area (Å²) in [6, 6.07) is 9.11. The number of nitrogens with one attached hydrogen (secondary N) is 1. The maximum Gasteiger partial charge on any atom is 0.257 e. The smallest absolute Gasteiger partial charge is 0.257 e. The van der Waals surface area contributed by atoms with Crippen LogP contribution in [0.5, 0.6) is 0 Å². The minimum Gasteiger partial charge on any atom is -0.321 e. The zero-order chi connectivity index (χ0) is 13.9. The third-order valence-corrected chi connectivity index (χ3v) is 3.33. The Morgan fingerprint density at radius 3 is 2.53 bits per heavy atom. The second-order valence-electron chi connectivity index (χ2n) is 3.74. The molecular formula is C12H11N3O3S. The number of anilines is 1. The monoisotopic (exact) mass is 277 g/mol. The Morgan fingerprint density at radius 1 is 1.16 bits per heavy atom. The van der Waals surface area contributed by atoms with E-state index in [4.69, 9.17) is 5.14 Å². The van der Waals surface area contributed by atoms with Crippen molar-refractivity contribution in [3.63, 3.8) is 0 Å². The summed E-state index contributed by atoms with van der Waals surface area (Å²) in [5.74, 6) is -0.454. The summed E-state index contributed by atoms with van der Waals surface area (Å²) in [4.78, 5) is 15.6. The largest absolute Gasteiger partial charge is 0.321 e. The van der Waals surface area contributed by atoms with Crippen LogP contribution in [0.3, 0.4) is 0 Å². The lowest BCUT2D eigenvalue weighted by Gasteiger charge is -2.09. The van der Waals surface area contributed by atoms with Crippen LogP contribution in [0.1, 0.15) is 10.4 Å². The number of rotatable bonds is 3. The third-order valence-electron chi connectivity index (χ3n) is 2.37. The number of sulfonamides is 1. The molecule has 0 radical (unpaired) electrons. The predicted octanol–water partition coefficient (Wildman–Crippen LogP) is 0.981. The highest BCUT2D eigenvalue weighted by atomic mass is 32.2. The Kier molecular flexibility index (Phi) is 3.59. The molecule has 0 atom stereocenters. The minimum absolute atomic E-state index is 0.132. The number of aromatic nitrogens is 1. The number of hydrogen-bond acceptors (Lipinski definition) is 4. The van der Waals surface area contributed by atoms with E-state index in [-0.39, 0.29) is 10.6 Å². The molecular weight excluding hydrogens is 266 g/mol. The highest BCUT2D eigenvalue weighted by Gasteiger charge is 2.15. The van der Waals surface area contributed by atoms with Gasteiger partial charge in [0, 0.05) is 12.4 Å². The van der Waals surface area contributed by atoms with Crippen LogP contribution in [0.4, 0.5) is 5.69 Å². The van der Waals surface area contributed by atoms with Gasteiger partial charge < -0.3 is 5.32 Å². The van der Waals surface area contributed by atoms with Gasteiger partial charge in [0.2, 0.25) is 10.0 Å². The molecule has 0 aliphatic heterocycles. The fraction of sp³-hybridized carbons (Fsp3) is 0. The number of nitrogens with two attached hydrogens (primary N) is 1. The number of para-hydroxylation sites is 1. The van der Waals surface area contributed by atoms with Crippen LogP contribution >= 0.6 is 0 Å². The molecule has 1 amide bonds. The summed E-state index contributed by atoms with van der Waals surface area (Å²) in [5, 5.41) is 7.58. The summed E-state index contributed by atoms with van der Waals surface area (Å²) in [5.41, 5.74) is 0.463. The van der Waals surface area contributed by atoms with Crippen molar-refractivity contribution in [1.29, 1.82) is 0 Å². The van der Waals surface area contributed by atoms with E-state index >= 15 is 0 Å². The Bertz CT molecular complexity index is 699. The Morgan fingerprint density at radius 2 is 1.89 bits per heavy atom. The van der Waals surface area contributed by atoms with Crippen LogP contribution in [0.25, 0.3) is 0 Å². The number of carbonyl (C=O) groups is 1. The first-order valence-corrected chi connectivity index (χ1v) is 6.86. The maximum atomic E-state index is 11.9. The quantitative estimate of drug-likeness (QED) is 0.873. The SMILES string of the molecule is NS(=O)(=O)c1ccccc1NC(=O)c1cccnc1. The number of nitrogens with zero attached hydrogens (tertiary/aromatic N) is 1. The second-order valence-corrected chi connectivity index (χ2v) is 5.27. The molecule has 0 aliphatic rings. The molecule has 7 heteroatoms. The maximum absolute atomic E-state index is 11.9. The summed E-state index contributed by atoms with van der Waals surface area (Å²) < 4.78 is 22.8. The highest BCUT2D eigenvalue weighted by Crippen LogP contribution is 2.19. The van der Waals surface area contributed by atoms with Gasteiger partial charge in [-0.3, -0.25) is 9.78 Å². The number of benzene rings is 1. The molecule has 6 nitrogen and oxygen atoms in total. The lowest BCUT2D eigenvalue weighted by molar-refractivity contribution is 0.102. The third kappa shape index (κ3) is 3.15. The Hall–Kier alpha value is -2.25. The van der Waals surface area contributed by atoms with Gasteiger partial charge in [-0.1, -0.05) is 12.1 Å². The van der Waals surface area contributed by atoms with Gasteiger partial charge in [0.15, 0.2) is 0 Å². The first-order chi connectivity index (χ1) is 8.98. The zero-order valence-electron chi connectivity index (χ0n) is 9.78. The van der Waals surface area contributed by atoms with Crippen LogP contribution in [-0.2, 0) is 10.0 Å². The molecule has 98 valence electrons. The number of primary sulfonamides is 1. The van der Waals surface area contributed by atoms with Gasteiger partial charge >= 0.3 is 0 Å². The molecule has 0 aliphatic carbocycles. The summed E-state index contributed by atoms with van der Waals surface area (Å²) in [6.07, 6.45) is 2.92. The molecule has 0 saturated heterocycles. The molecule has 0 unspecified atom stereocenters. The van der Waals surface area contributed by atoms with Crippen molar-refractivity contribution in [3.05, 3.63) is 54.4 Å². The van der Waals surface area contributed by atoms with Crippen LogP contribution < -0.4 is 10.5 Å². The highest BCUT2D eigenvalue weighted by molar-refractivity contribution is 7.89. The van der Waals surface area contributed by atoms with Gasteiger partial charge in [-0.2, -0.15) is 0 Å². The van der Waals surface area contributed by atoms with E-state index < -0.39 is 15.9 Å². The normalized spacial score (nSPS) is 11.0. The number of hydrogen-bond donors (Lipinski definition) is 2. The lowest BCUT2D eigenvalue weighted by Crippen LogP contribution is -2.18. The molecule has 1 aromatic heterocycles. The minimum atomic E-state index is -3.89. The number of pyridine rings is 1. The standard InChI is InChI=1S/C12H11N3O3S/c13-19(17,18)11-6-2-1-5-10(11)15-12(16)9-4-3-7-14-8-9/h1-8H,(H,15,16)(H2,13,17,18). The van der Waals surface area contributed by atoms with Crippen molar-refractivity contribution in [2.24, 2.45) is 5.14 Å². The van der Waals surface area contributed by atoms with E-state index in [0.29, 0.717) is 5.56 Å². The second kappa shape index (κ2) is 5.17. The van der Waals surface area contributed by atoms with Crippen molar-refractivity contribution in [1.82, 2.24) is 4.98 Å². The topological polar surface area (TPSA) is 102 Å². The first kappa shape index (κ1) is 13.2. The molecule has 0 bridgehead atoms. The fourth-order valence-electron chi connectivity index (χ4n) is 1.51. The summed E-state index contributed by atoms with van der Waals surface area (Å²) in [6.45, 7) is 0. The summed E-state index contributed by atoms with van der Waals surface area (Å²) >= 11 is 0. The van der Waals surface area contributed by atoms with Crippen LogP contribution in [-0.4, -0.2) is 19.3 Å². The van der Waals surface area contributed by atoms with Crippen molar-refractivity contribution in [2.75, 3.05) is 5.32 Å². The summed E-state index contributed by atoms with van der Waals surface area (Å²) in [7, 11) is -3.89. The van der Waals surface area contributed by atoms with Gasteiger partial charge in [0.1, 0.15) is 4.90 Å². The van der Waals surface area contributed by atoms with Crippen LogP contribution in [0.15, 0.2) is 53.7 Å². The van der Waals surface area contributed by atoms with E-state index in [1.807, 2.05) is 0 Å². The molecule has 19 heavy (non-hydrogen) atoms. The molecule has 0 fully saturated rings. The average molecular weight is 277 g/mol. The van der Waals surface area contributed by atoms with Crippen LogP contribution in [0, 0.1) is 0 Å². The molecule has 1 aromatic carbocycles. The number of amides is 1. The van der Waals surface area contributed by atoms with Gasteiger partial charge in [-0.25, -0.2) is 13.6 Å². The predicted molar refractivity (Wildman–Crippen MR) is 70.0 cm³/mol. The van der Waals surface area contributed by atoms with Crippen molar-refractivity contribution < 1.29 is 13.2 Å². The van der Waals surface area contributed by atoms with Gasteiger partial charge in [-0.15, -0.1) is 0 Å².